The molecule has 0 unspecified atom stereocenters. The van der Waals surface area contributed by atoms with E-state index >= 15 is 0 Å². The first-order valence-electron chi connectivity index (χ1n) is 7.17. The van der Waals surface area contributed by atoms with Crippen LogP contribution < -0.4 is 4.72 Å². The normalized spacial score (nSPS) is 13.5. The Bertz CT molecular complexity index is 753. The number of sulfonamides is 1. The number of nitrogens with zero attached hydrogens (tertiary/aromatic N) is 1. The molecule has 9 nitrogen and oxygen atoms in total. The number of terminal acetylenes is 1. The fourth-order valence-corrected chi connectivity index (χ4v) is 3.05. The molecule has 1 aromatic rings. The number of carbonyl (C=O) groups excluding carboxylic acids is 1. The number of aliphatic hydroxyl groups excluding tert-OH is 1. The molecule has 0 spiro atoms. The van der Waals surface area contributed by atoms with Crippen molar-refractivity contribution in [2.24, 2.45) is 5.92 Å². The van der Waals surface area contributed by atoms with Crippen LogP contribution in [0.25, 0.3) is 0 Å². The first kappa shape index (κ1) is 20.6. The molecule has 0 bridgehead atoms. The second-order valence-corrected chi connectivity index (χ2v) is 6.87. The molecular formula is C15H18N2O7S. The maximum atomic E-state index is 12.2. The van der Waals surface area contributed by atoms with Gasteiger partial charge in [-0.2, -0.15) is 0 Å². The Morgan fingerprint density at radius 2 is 2.04 bits per heavy atom. The summed E-state index contributed by atoms with van der Waals surface area (Å²) in [6.45, 7) is 0.468. The number of non-ortho nitro benzene ring substituents is 1. The lowest BCUT2D eigenvalue weighted by Crippen LogP contribution is -2.40. The van der Waals surface area contributed by atoms with Gasteiger partial charge in [0.05, 0.1) is 16.4 Å². The Labute approximate surface area is 145 Å². The second-order valence-electron chi connectivity index (χ2n) is 5.10. The van der Waals surface area contributed by atoms with Crippen LogP contribution >= 0.6 is 0 Å². The maximum Gasteiger partial charge on any atom is 0.302 e. The molecule has 0 fully saturated rings. The van der Waals surface area contributed by atoms with E-state index in [1.54, 1.807) is 0 Å². The highest BCUT2D eigenvalue weighted by atomic mass is 32.2. The first-order valence-corrected chi connectivity index (χ1v) is 8.65. The number of nitrogens with one attached hydrogen (secondary N) is 1. The van der Waals surface area contributed by atoms with Crippen LogP contribution in [0, 0.1) is 28.4 Å². The van der Waals surface area contributed by atoms with Crippen LogP contribution in [-0.4, -0.2) is 43.7 Å². The van der Waals surface area contributed by atoms with Crippen LogP contribution in [0.4, 0.5) is 5.69 Å². The zero-order chi connectivity index (χ0) is 19.0. The minimum Gasteiger partial charge on any atom is -0.461 e. The third kappa shape index (κ3) is 6.15. The molecule has 25 heavy (non-hydrogen) atoms. The number of hydrogen-bond acceptors (Lipinski definition) is 7. The molecule has 0 amide bonds. The SMILES string of the molecule is C#CC[C@H](CO)[C@H](CNS(=O)(=O)c1ccc([N+](=O)[O-])cc1)OC(C)=O. The Kier molecular flexibility index (Phi) is 7.50. The predicted octanol–water partition coefficient (Wildman–Crippen LogP) is 0.437. The molecule has 0 aliphatic rings. The van der Waals surface area contributed by atoms with Crippen molar-refractivity contribution in [3.63, 3.8) is 0 Å². The van der Waals surface area contributed by atoms with Gasteiger partial charge in [0.15, 0.2) is 0 Å². The standard InChI is InChI=1S/C15H18N2O7S/c1-3-4-12(10-18)15(24-11(2)19)9-16-25(22,23)14-7-5-13(6-8-14)17(20)21/h1,5-8,12,15-16,18H,4,9-10H2,2H3/t12-,15+/m1/s1. The van der Waals surface area contributed by atoms with Crippen molar-refractivity contribution < 1.29 is 28.0 Å². The summed E-state index contributed by atoms with van der Waals surface area (Å²) in [5, 5.41) is 19.9. The minimum absolute atomic E-state index is 0.0910. The predicted molar refractivity (Wildman–Crippen MR) is 87.9 cm³/mol. The Morgan fingerprint density at radius 3 is 2.48 bits per heavy atom. The van der Waals surface area contributed by atoms with Crippen molar-refractivity contribution in [2.45, 2.75) is 24.3 Å². The van der Waals surface area contributed by atoms with E-state index in [1.807, 2.05) is 0 Å². The zero-order valence-corrected chi connectivity index (χ0v) is 14.2. The lowest BCUT2D eigenvalue weighted by molar-refractivity contribution is -0.384. The van der Waals surface area contributed by atoms with Gasteiger partial charge in [0.1, 0.15) is 6.10 Å². The summed E-state index contributed by atoms with van der Waals surface area (Å²) in [6, 6.07) is 4.30. The lowest BCUT2D eigenvalue weighted by Gasteiger charge is -2.24. The second kappa shape index (κ2) is 9.12. The highest BCUT2D eigenvalue weighted by Gasteiger charge is 2.26. The first-order chi connectivity index (χ1) is 11.7. The monoisotopic (exact) mass is 370 g/mol. The van der Waals surface area contributed by atoms with Crippen LogP contribution in [0.3, 0.4) is 0 Å². The smallest absolute Gasteiger partial charge is 0.302 e. The number of carbonyl (C=O) groups is 1. The van der Waals surface area contributed by atoms with Gasteiger partial charge in [0.2, 0.25) is 10.0 Å². The van der Waals surface area contributed by atoms with Gasteiger partial charge in [-0.3, -0.25) is 14.9 Å². The van der Waals surface area contributed by atoms with Crippen LogP contribution in [0.2, 0.25) is 0 Å². The van der Waals surface area contributed by atoms with E-state index < -0.39 is 32.9 Å². The average molecular weight is 370 g/mol. The van der Waals surface area contributed by atoms with E-state index in [1.165, 1.54) is 0 Å². The van der Waals surface area contributed by atoms with Crippen LogP contribution in [0.15, 0.2) is 29.2 Å². The van der Waals surface area contributed by atoms with Gasteiger partial charge in [0, 0.05) is 37.9 Å². The summed E-state index contributed by atoms with van der Waals surface area (Å²) in [7, 11) is -3.99. The Balaban J connectivity index is 2.90. The molecule has 0 heterocycles. The molecule has 0 aliphatic carbocycles. The van der Waals surface area contributed by atoms with E-state index in [0.717, 1.165) is 31.2 Å². The molecule has 0 saturated heterocycles. The molecule has 1 rings (SSSR count). The Hall–Kier alpha value is -2.48. The number of hydrogen-bond donors (Lipinski definition) is 2. The van der Waals surface area contributed by atoms with Gasteiger partial charge in [0.25, 0.3) is 5.69 Å². The molecule has 1 aromatic carbocycles. The van der Waals surface area contributed by atoms with Crippen molar-refractivity contribution >= 4 is 21.7 Å². The van der Waals surface area contributed by atoms with Gasteiger partial charge >= 0.3 is 5.97 Å². The molecule has 0 radical (unpaired) electrons. The number of aliphatic hydroxyl groups is 1. The maximum absolute atomic E-state index is 12.2. The summed E-state index contributed by atoms with van der Waals surface area (Å²) in [5.74, 6) is 1.05. The quantitative estimate of drug-likeness (QED) is 0.278. The van der Waals surface area contributed by atoms with E-state index in [9.17, 15) is 28.4 Å². The summed E-state index contributed by atoms with van der Waals surface area (Å²) >= 11 is 0. The van der Waals surface area contributed by atoms with E-state index in [2.05, 4.69) is 10.6 Å². The zero-order valence-electron chi connectivity index (χ0n) is 13.4. The fourth-order valence-electron chi connectivity index (χ4n) is 2.00. The number of ether oxygens (including phenoxy) is 1. The molecule has 136 valence electrons. The van der Waals surface area contributed by atoms with Crippen molar-refractivity contribution in [1.82, 2.24) is 4.72 Å². The van der Waals surface area contributed by atoms with Gasteiger partial charge in [-0.15, -0.1) is 12.3 Å². The highest BCUT2D eigenvalue weighted by molar-refractivity contribution is 7.89. The molecule has 2 atom stereocenters. The number of rotatable bonds is 9. The van der Waals surface area contributed by atoms with E-state index in [-0.39, 0.29) is 30.2 Å². The van der Waals surface area contributed by atoms with Crippen molar-refractivity contribution in [1.29, 1.82) is 0 Å². The largest absolute Gasteiger partial charge is 0.461 e. The Morgan fingerprint density at radius 1 is 1.44 bits per heavy atom. The molecule has 0 aromatic heterocycles. The molecular weight excluding hydrogens is 352 g/mol. The van der Waals surface area contributed by atoms with Gasteiger partial charge < -0.3 is 9.84 Å². The lowest BCUT2D eigenvalue weighted by atomic mass is 10.00. The molecule has 0 saturated carbocycles. The molecule has 10 heteroatoms. The third-order valence-corrected chi connectivity index (χ3v) is 4.73. The number of nitro groups is 1. The highest BCUT2D eigenvalue weighted by Crippen LogP contribution is 2.17. The summed E-state index contributed by atoms with van der Waals surface area (Å²) < 4.78 is 31.8. The molecule has 2 N–H and O–H groups in total. The van der Waals surface area contributed by atoms with E-state index in [0.29, 0.717) is 0 Å². The fraction of sp³-hybridized carbons (Fsp3) is 0.400. The summed E-state index contributed by atoms with van der Waals surface area (Å²) in [6.07, 6.45) is 4.33. The van der Waals surface area contributed by atoms with Crippen molar-refractivity contribution in [2.75, 3.05) is 13.2 Å². The van der Waals surface area contributed by atoms with Crippen molar-refractivity contribution in [3.8, 4) is 12.3 Å². The van der Waals surface area contributed by atoms with Crippen LogP contribution in [-0.2, 0) is 19.6 Å². The van der Waals surface area contributed by atoms with Crippen LogP contribution in [0.5, 0.6) is 0 Å². The number of benzene rings is 1. The van der Waals surface area contributed by atoms with Gasteiger partial charge in [-0.1, -0.05) is 0 Å². The summed E-state index contributed by atoms with van der Waals surface area (Å²) in [5.41, 5.74) is -0.244. The molecule has 0 aliphatic heterocycles. The van der Waals surface area contributed by atoms with E-state index in [4.69, 9.17) is 11.2 Å². The van der Waals surface area contributed by atoms with Gasteiger partial charge in [-0.25, -0.2) is 13.1 Å². The minimum atomic E-state index is -3.99. The number of nitro benzene ring substituents is 1. The average Bonchev–Trinajstić information content (AvgIpc) is 2.56. The topological polar surface area (TPSA) is 136 Å². The van der Waals surface area contributed by atoms with Crippen LogP contribution in [0.1, 0.15) is 13.3 Å². The van der Waals surface area contributed by atoms with Crippen molar-refractivity contribution in [3.05, 3.63) is 34.4 Å². The third-order valence-electron chi connectivity index (χ3n) is 3.29. The van der Waals surface area contributed by atoms with Gasteiger partial charge in [-0.05, 0) is 12.1 Å². The number of esters is 1. The summed E-state index contributed by atoms with van der Waals surface area (Å²) in [4.78, 5) is 20.9.